The number of azo groups is 2. The van der Waals surface area contributed by atoms with Gasteiger partial charge in [0.15, 0.2) is 0 Å². The lowest BCUT2D eigenvalue weighted by Gasteiger charge is -2.37. The third-order valence-electron chi connectivity index (χ3n) is 6.57. The number of hydrogen-bond acceptors (Lipinski definition) is 6. The second kappa shape index (κ2) is 11.3. The monoisotopic (exact) mass is 510 g/mol. The topological polar surface area (TPSA) is 55.9 Å². The fourth-order valence-corrected chi connectivity index (χ4v) is 4.37. The van der Waals surface area contributed by atoms with Gasteiger partial charge in [-0.15, -0.1) is 0 Å². The third-order valence-corrected chi connectivity index (χ3v) is 6.57. The number of anilines is 2. The van der Waals surface area contributed by atoms with Gasteiger partial charge in [0, 0.05) is 37.6 Å². The Labute approximate surface area is 221 Å². The van der Waals surface area contributed by atoms with Crippen LogP contribution in [0, 0.1) is 25.5 Å². The van der Waals surface area contributed by atoms with Gasteiger partial charge in [0.25, 0.3) is 0 Å². The van der Waals surface area contributed by atoms with Crippen LogP contribution >= 0.6 is 0 Å². The highest BCUT2D eigenvalue weighted by atomic mass is 19.1. The van der Waals surface area contributed by atoms with Crippen LogP contribution in [0.25, 0.3) is 0 Å². The first-order valence-electron chi connectivity index (χ1n) is 12.5. The van der Waals surface area contributed by atoms with E-state index >= 15 is 0 Å². The molecule has 1 fully saturated rings. The molecule has 0 saturated carbocycles. The van der Waals surface area contributed by atoms with Gasteiger partial charge in [-0.25, -0.2) is 8.78 Å². The van der Waals surface area contributed by atoms with Crippen molar-refractivity contribution in [3.8, 4) is 0 Å². The normalized spacial score (nSPS) is 14.1. The summed E-state index contributed by atoms with van der Waals surface area (Å²) in [5, 5.41) is 17.1. The van der Waals surface area contributed by atoms with Gasteiger partial charge in [-0.3, -0.25) is 0 Å². The maximum atomic E-state index is 13.3. The number of nitrogens with zero attached hydrogens (tertiary/aromatic N) is 6. The van der Waals surface area contributed by atoms with Gasteiger partial charge in [0.2, 0.25) is 0 Å². The predicted octanol–water partition coefficient (Wildman–Crippen LogP) is 8.74. The van der Waals surface area contributed by atoms with Crippen LogP contribution in [0.1, 0.15) is 11.1 Å². The number of piperazine rings is 1. The Hall–Kier alpha value is -4.46. The second-order valence-corrected chi connectivity index (χ2v) is 9.27. The van der Waals surface area contributed by atoms with Crippen molar-refractivity contribution in [3.63, 3.8) is 0 Å². The van der Waals surface area contributed by atoms with Crippen LogP contribution in [0.5, 0.6) is 0 Å². The molecule has 5 rings (SSSR count). The summed E-state index contributed by atoms with van der Waals surface area (Å²) in [6.07, 6.45) is 0. The Morgan fingerprint density at radius 3 is 1.21 bits per heavy atom. The highest BCUT2D eigenvalue weighted by Gasteiger charge is 2.17. The molecule has 0 N–H and O–H groups in total. The van der Waals surface area contributed by atoms with Crippen LogP contribution in [-0.4, -0.2) is 26.2 Å². The minimum Gasteiger partial charge on any atom is -0.368 e. The van der Waals surface area contributed by atoms with Crippen molar-refractivity contribution in [3.05, 3.63) is 108 Å². The minimum atomic E-state index is -0.275. The van der Waals surface area contributed by atoms with Crippen LogP contribution in [-0.2, 0) is 0 Å². The van der Waals surface area contributed by atoms with Crippen molar-refractivity contribution in [2.45, 2.75) is 13.8 Å². The first-order chi connectivity index (χ1) is 18.4. The van der Waals surface area contributed by atoms with E-state index in [4.69, 9.17) is 0 Å². The SMILES string of the molecule is Cc1cc(F)ccc1N=Nc1ccc(N2CCN(c3ccc(N=Nc4ccc(F)cc4C)cc3)CC2)cc1. The van der Waals surface area contributed by atoms with E-state index in [1.54, 1.807) is 12.1 Å². The molecule has 1 saturated heterocycles. The molecule has 38 heavy (non-hydrogen) atoms. The minimum absolute atomic E-state index is 0.275. The van der Waals surface area contributed by atoms with Crippen molar-refractivity contribution in [2.75, 3.05) is 36.0 Å². The average Bonchev–Trinajstić information content (AvgIpc) is 2.93. The maximum Gasteiger partial charge on any atom is 0.123 e. The first-order valence-corrected chi connectivity index (χ1v) is 12.5. The Balaban J connectivity index is 1.15. The van der Waals surface area contributed by atoms with E-state index in [2.05, 4.69) is 54.5 Å². The molecule has 0 spiro atoms. The molecule has 0 radical (unpaired) electrons. The summed E-state index contributed by atoms with van der Waals surface area (Å²) in [5.41, 5.74) is 6.62. The summed E-state index contributed by atoms with van der Waals surface area (Å²) < 4.78 is 26.6. The first kappa shape index (κ1) is 25.2. The van der Waals surface area contributed by atoms with Gasteiger partial charge in [-0.1, -0.05) is 0 Å². The molecule has 1 aliphatic heterocycles. The molecule has 0 aliphatic carbocycles. The zero-order valence-electron chi connectivity index (χ0n) is 21.4. The lowest BCUT2D eigenvalue weighted by Crippen LogP contribution is -2.46. The smallest absolute Gasteiger partial charge is 0.123 e. The maximum absolute atomic E-state index is 13.3. The lowest BCUT2D eigenvalue weighted by molar-refractivity contribution is 0.626. The van der Waals surface area contributed by atoms with E-state index < -0.39 is 0 Å². The van der Waals surface area contributed by atoms with E-state index in [1.807, 2.05) is 38.1 Å². The van der Waals surface area contributed by atoms with Crippen LogP contribution in [0.3, 0.4) is 0 Å². The number of halogens is 2. The Morgan fingerprint density at radius 1 is 0.500 bits per heavy atom. The molecular weight excluding hydrogens is 482 g/mol. The largest absolute Gasteiger partial charge is 0.368 e. The fraction of sp³-hybridized carbons (Fsp3) is 0.200. The Kier molecular flexibility index (Phi) is 7.49. The molecule has 0 unspecified atom stereocenters. The van der Waals surface area contributed by atoms with Crippen molar-refractivity contribution in [1.82, 2.24) is 0 Å². The Bertz CT molecular complexity index is 1340. The van der Waals surface area contributed by atoms with Crippen LogP contribution in [0.4, 0.5) is 42.9 Å². The summed E-state index contributed by atoms with van der Waals surface area (Å²) >= 11 is 0. The zero-order chi connectivity index (χ0) is 26.5. The summed E-state index contributed by atoms with van der Waals surface area (Å²) in [6, 6.07) is 25.0. The summed E-state index contributed by atoms with van der Waals surface area (Å²) in [7, 11) is 0. The quantitative estimate of drug-likeness (QED) is 0.244. The molecule has 0 aromatic heterocycles. The molecule has 8 heteroatoms. The van der Waals surface area contributed by atoms with Gasteiger partial charge >= 0.3 is 0 Å². The predicted molar refractivity (Wildman–Crippen MR) is 148 cm³/mol. The van der Waals surface area contributed by atoms with Crippen LogP contribution in [0.2, 0.25) is 0 Å². The molecule has 192 valence electrons. The van der Waals surface area contributed by atoms with E-state index in [9.17, 15) is 8.78 Å². The third kappa shape index (κ3) is 6.08. The number of benzene rings is 4. The molecule has 0 bridgehead atoms. The van der Waals surface area contributed by atoms with Gasteiger partial charge in [0.1, 0.15) is 11.6 Å². The van der Waals surface area contributed by atoms with Gasteiger partial charge in [-0.2, -0.15) is 20.5 Å². The van der Waals surface area contributed by atoms with Crippen LogP contribution in [0.15, 0.2) is 105 Å². The molecule has 0 amide bonds. The zero-order valence-corrected chi connectivity index (χ0v) is 21.4. The van der Waals surface area contributed by atoms with Crippen molar-refractivity contribution < 1.29 is 8.78 Å². The van der Waals surface area contributed by atoms with E-state index in [0.717, 1.165) is 60.1 Å². The number of hydrogen-bond donors (Lipinski definition) is 0. The standard InChI is InChI=1S/C30H28F2N6/c1-21-19-23(31)3-13-29(21)35-33-25-5-9-27(10-6-25)37-15-17-38(18-16-37)28-11-7-26(8-12-28)34-36-30-14-4-24(32)20-22(30)2/h3-14,19-20H,15-18H2,1-2H3. The Morgan fingerprint density at radius 2 is 0.868 bits per heavy atom. The lowest BCUT2D eigenvalue weighted by atomic mass is 10.2. The molecule has 4 aromatic rings. The summed E-state index contributed by atoms with van der Waals surface area (Å²) in [5.74, 6) is -0.550. The fourth-order valence-electron chi connectivity index (χ4n) is 4.37. The average molecular weight is 511 g/mol. The molecule has 4 aromatic carbocycles. The second-order valence-electron chi connectivity index (χ2n) is 9.27. The molecule has 0 atom stereocenters. The number of aryl methyl sites for hydroxylation is 2. The highest BCUT2D eigenvalue weighted by Crippen LogP contribution is 2.28. The van der Waals surface area contributed by atoms with Gasteiger partial charge in [0.05, 0.1) is 22.7 Å². The number of rotatable bonds is 6. The summed E-state index contributed by atoms with van der Waals surface area (Å²) in [6.45, 7) is 7.25. The van der Waals surface area contributed by atoms with Gasteiger partial charge < -0.3 is 9.80 Å². The molecule has 1 heterocycles. The molecule has 6 nitrogen and oxygen atoms in total. The molecular formula is C30H28F2N6. The van der Waals surface area contributed by atoms with Crippen molar-refractivity contribution >= 4 is 34.1 Å². The van der Waals surface area contributed by atoms with E-state index in [1.165, 1.54) is 24.3 Å². The summed E-state index contributed by atoms with van der Waals surface area (Å²) in [4.78, 5) is 4.71. The van der Waals surface area contributed by atoms with Gasteiger partial charge in [-0.05, 0) is 110 Å². The van der Waals surface area contributed by atoms with E-state index in [-0.39, 0.29) is 11.6 Å². The van der Waals surface area contributed by atoms with E-state index in [0.29, 0.717) is 11.4 Å². The van der Waals surface area contributed by atoms with Crippen LogP contribution < -0.4 is 9.80 Å². The van der Waals surface area contributed by atoms with Crippen molar-refractivity contribution in [2.24, 2.45) is 20.5 Å². The highest BCUT2D eigenvalue weighted by molar-refractivity contribution is 5.57. The molecule has 1 aliphatic rings. The van der Waals surface area contributed by atoms with Crippen molar-refractivity contribution in [1.29, 1.82) is 0 Å².